The van der Waals surface area contributed by atoms with Crippen LogP contribution in [0.15, 0.2) is 48.5 Å². The first kappa shape index (κ1) is 21.4. The van der Waals surface area contributed by atoms with Gasteiger partial charge in [0.05, 0.1) is 0 Å². The molecule has 2 amide bonds. The van der Waals surface area contributed by atoms with Crippen LogP contribution in [0.3, 0.4) is 0 Å². The first-order chi connectivity index (χ1) is 14.2. The average Bonchev–Trinajstić information content (AvgIpc) is 2.99. The first-order valence-corrected chi connectivity index (χ1v) is 9.85. The molecule has 7 heteroatoms. The van der Waals surface area contributed by atoms with Crippen molar-refractivity contribution in [1.82, 2.24) is 10.6 Å². The van der Waals surface area contributed by atoms with Gasteiger partial charge >= 0.3 is 12.1 Å². The van der Waals surface area contributed by atoms with E-state index in [0.29, 0.717) is 0 Å². The molecule has 0 saturated carbocycles. The summed E-state index contributed by atoms with van der Waals surface area (Å²) in [6.45, 7) is 4.65. The number of hydrogen-bond acceptors (Lipinski definition) is 4. The van der Waals surface area contributed by atoms with Gasteiger partial charge in [0.1, 0.15) is 12.1 Å². The summed E-state index contributed by atoms with van der Waals surface area (Å²) in [6.07, 6.45) is -0.671. The van der Waals surface area contributed by atoms with Gasteiger partial charge in [0.15, 0.2) is 0 Å². The normalized spacial score (nSPS) is 13.7. The molecule has 0 radical (unpaired) electrons. The van der Waals surface area contributed by atoms with Crippen LogP contribution in [-0.4, -0.2) is 41.3 Å². The monoisotopic (exact) mass is 410 g/mol. The maximum absolute atomic E-state index is 12.2. The molecule has 0 spiro atoms. The van der Waals surface area contributed by atoms with Gasteiger partial charge in [0.2, 0.25) is 5.91 Å². The third kappa shape index (κ3) is 4.62. The lowest BCUT2D eigenvalue weighted by atomic mass is 9.98. The molecule has 2 aromatic rings. The molecule has 1 atom stereocenters. The summed E-state index contributed by atoms with van der Waals surface area (Å²) in [6, 6.07) is 15.6. The predicted molar refractivity (Wildman–Crippen MR) is 112 cm³/mol. The van der Waals surface area contributed by atoms with Crippen molar-refractivity contribution in [3.63, 3.8) is 0 Å². The number of amides is 2. The molecule has 1 unspecified atom stereocenters. The van der Waals surface area contributed by atoms with Crippen LogP contribution < -0.4 is 10.6 Å². The van der Waals surface area contributed by atoms with E-state index in [9.17, 15) is 14.4 Å². The summed E-state index contributed by atoms with van der Waals surface area (Å²) in [5.41, 5.74) is 3.16. The summed E-state index contributed by atoms with van der Waals surface area (Å²) in [5.74, 6) is -1.64. The summed E-state index contributed by atoms with van der Waals surface area (Å²) in [5, 5.41) is 14.1. The van der Waals surface area contributed by atoms with Crippen molar-refractivity contribution in [2.45, 2.75) is 44.7 Å². The SMILES string of the molecule is CC(CC(=O)NC(C)(C)C(=O)O)NC(=O)OCC1c2ccccc2-c2ccccc21. The Labute approximate surface area is 175 Å². The van der Waals surface area contributed by atoms with Crippen LogP contribution in [-0.2, 0) is 14.3 Å². The van der Waals surface area contributed by atoms with E-state index in [1.165, 1.54) is 13.8 Å². The second-order valence-electron chi connectivity index (χ2n) is 8.05. The Balaban J connectivity index is 1.55. The molecular formula is C23H26N2O5. The summed E-state index contributed by atoms with van der Waals surface area (Å²) in [4.78, 5) is 35.4. The lowest BCUT2D eigenvalue weighted by Gasteiger charge is -2.22. The van der Waals surface area contributed by atoms with Crippen molar-refractivity contribution in [1.29, 1.82) is 0 Å². The zero-order valence-corrected chi connectivity index (χ0v) is 17.3. The average molecular weight is 410 g/mol. The van der Waals surface area contributed by atoms with Gasteiger partial charge in [-0.25, -0.2) is 9.59 Å². The van der Waals surface area contributed by atoms with Crippen molar-refractivity contribution >= 4 is 18.0 Å². The number of carboxylic acids is 1. The van der Waals surface area contributed by atoms with Gasteiger partial charge in [-0.3, -0.25) is 4.79 Å². The number of carbonyl (C=O) groups excluding carboxylic acids is 2. The topological polar surface area (TPSA) is 105 Å². The van der Waals surface area contributed by atoms with Crippen LogP contribution in [0, 0.1) is 0 Å². The molecule has 158 valence electrons. The molecule has 0 aliphatic heterocycles. The molecule has 3 N–H and O–H groups in total. The molecular weight excluding hydrogens is 384 g/mol. The maximum Gasteiger partial charge on any atom is 0.407 e. The van der Waals surface area contributed by atoms with E-state index < -0.39 is 29.6 Å². The van der Waals surface area contributed by atoms with Gasteiger partial charge in [0.25, 0.3) is 0 Å². The fourth-order valence-corrected chi connectivity index (χ4v) is 3.62. The van der Waals surface area contributed by atoms with Crippen LogP contribution >= 0.6 is 0 Å². The van der Waals surface area contributed by atoms with Crippen LogP contribution in [0.1, 0.15) is 44.2 Å². The number of carbonyl (C=O) groups is 3. The molecule has 0 saturated heterocycles. The Kier molecular flexibility index (Phi) is 6.10. The summed E-state index contributed by atoms with van der Waals surface area (Å²) in [7, 11) is 0. The zero-order valence-electron chi connectivity index (χ0n) is 17.3. The third-order valence-electron chi connectivity index (χ3n) is 5.19. The molecule has 1 aliphatic carbocycles. The molecule has 0 fully saturated rings. The van der Waals surface area contributed by atoms with Gasteiger partial charge < -0.3 is 20.5 Å². The Morgan fingerprint density at radius 3 is 2.10 bits per heavy atom. The lowest BCUT2D eigenvalue weighted by Crippen LogP contribution is -2.51. The van der Waals surface area contributed by atoms with Crippen molar-refractivity contribution in [2.24, 2.45) is 0 Å². The van der Waals surface area contributed by atoms with Crippen molar-refractivity contribution in [3.8, 4) is 11.1 Å². The molecule has 3 rings (SSSR count). The largest absolute Gasteiger partial charge is 0.480 e. The minimum absolute atomic E-state index is 0.0434. The Morgan fingerprint density at radius 2 is 1.57 bits per heavy atom. The zero-order chi connectivity index (χ0) is 21.9. The molecule has 30 heavy (non-hydrogen) atoms. The first-order valence-electron chi connectivity index (χ1n) is 9.85. The van der Waals surface area contributed by atoms with E-state index in [2.05, 4.69) is 22.8 Å². The number of carboxylic acid groups (broad SMARTS) is 1. The number of ether oxygens (including phenoxy) is 1. The highest BCUT2D eigenvalue weighted by atomic mass is 16.5. The highest BCUT2D eigenvalue weighted by Crippen LogP contribution is 2.44. The number of alkyl carbamates (subject to hydrolysis) is 1. The van der Waals surface area contributed by atoms with E-state index >= 15 is 0 Å². The maximum atomic E-state index is 12.2. The van der Waals surface area contributed by atoms with Crippen LogP contribution in [0.2, 0.25) is 0 Å². The van der Waals surface area contributed by atoms with Crippen LogP contribution in [0.25, 0.3) is 11.1 Å². The van der Waals surface area contributed by atoms with E-state index in [1.54, 1.807) is 6.92 Å². The van der Waals surface area contributed by atoms with Gasteiger partial charge in [-0.15, -0.1) is 0 Å². The van der Waals surface area contributed by atoms with E-state index in [4.69, 9.17) is 9.84 Å². The molecule has 0 heterocycles. The van der Waals surface area contributed by atoms with Crippen LogP contribution in [0.4, 0.5) is 4.79 Å². The van der Waals surface area contributed by atoms with Crippen LogP contribution in [0.5, 0.6) is 0 Å². The Hall–Kier alpha value is -3.35. The van der Waals surface area contributed by atoms with Gasteiger partial charge in [-0.1, -0.05) is 48.5 Å². The highest BCUT2D eigenvalue weighted by Gasteiger charge is 2.30. The molecule has 0 bridgehead atoms. The predicted octanol–water partition coefficient (Wildman–Crippen LogP) is 3.28. The second kappa shape index (κ2) is 8.57. The van der Waals surface area contributed by atoms with Gasteiger partial charge in [-0.2, -0.15) is 0 Å². The quantitative estimate of drug-likeness (QED) is 0.650. The fraction of sp³-hybridized carbons (Fsp3) is 0.348. The molecule has 0 aromatic heterocycles. The highest BCUT2D eigenvalue weighted by molar-refractivity contribution is 5.86. The minimum atomic E-state index is -1.37. The number of fused-ring (bicyclic) bond motifs is 3. The third-order valence-corrected chi connectivity index (χ3v) is 5.19. The number of rotatable bonds is 7. The number of nitrogens with one attached hydrogen (secondary N) is 2. The van der Waals surface area contributed by atoms with E-state index in [-0.39, 0.29) is 18.9 Å². The summed E-state index contributed by atoms with van der Waals surface area (Å²) >= 11 is 0. The molecule has 7 nitrogen and oxygen atoms in total. The number of hydrogen-bond donors (Lipinski definition) is 3. The summed E-state index contributed by atoms with van der Waals surface area (Å²) < 4.78 is 5.46. The standard InChI is InChI=1S/C23H26N2O5/c1-14(12-20(26)25-23(2,3)21(27)28)24-22(29)30-13-19-17-10-6-4-8-15(17)16-9-5-7-11-18(16)19/h4-11,14,19H,12-13H2,1-3H3,(H,24,29)(H,25,26)(H,27,28). The van der Waals surface area contributed by atoms with Crippen molar-refractivity contribution in [3.05, 3.63) is 59.7 Å². The van der Waals surface area contributed by atoms with E-state index in [1.807, 2.05) is 36.4 Å². The second-order valence-corrected chi connectivity index (χ2v) is 8.05. The minimum Gasteiger partial charge on any atom is -0.480 e. The number of aliphatic carboxylic acids is 1. The molecule has 2 aromatic carbocycles. The van der Waals surface area contributed by atoms with Gasteiger partial charge in [0, 0.05) is 18.4 Å². The lowest BCUT2D eigenvalue weighted by molar-refractivity contribution is -0.146. The van der Waals surface area contributed by atoms with Crippen molar-refractivity contribution < 1.29 is 24.2 Å². The van der Waals surface area contributed by atoms with Crippen molar-refractivity contribution in [2.75, 3.05) is 6.61 Å². The van der Waals surface area contributed by atoms with E-state index in [0.717, 1.165) is 22.3 Å². The smallest absolute Gasteiger partial charge is 0.407 e. The number of benzene rings is 2. The van der Waals surface area contributed by atoms with Gasteiger partial charge in [-0.05, 0) is 43.0 Å². The Morgan fingerprint density at radius 1 is 1.03 bits per heavy atom. The molecule has 1 aliphatic rings. The Bertz CT molecular complexity index is 924. The fourth-order valence-electron chi connectivity index (χ4n) is 3.62.